The fourth-order valence-electron chi connectivity index (χ4n) is 3.31. The molecule has 1 amide bonds. The van der Waals surface area contributed by atoms with E-state index in [9.17, 15) is 9.18 Å². The third kappa shape index (κ3) is 3.18. The molecule has 4 nitrogen and oxygen atoms in total. The van der Waals surface area contributed by atoms with Crippen molar-refractivity contribution >= 4 is 17.5 Å². The monoisotopic (exact) mass is 349 g/mol. The molecule has 24 heavy (non-hydrogen) atoms. The van der Waals surface area contributed by atoms with Crippen molar-refractivity contribution in [2.24, 2.45) is 0 Å². The van der Waals surface area contributed by atoms with Gasteiger partial charge >= 0.3 is 0 Å². The van der Waals surface area contributed by atoms with Crippen LogP contribution in [-0.2, 0) is 0 Å². The average Bonchev–Trinajstić information content (AvgIpc) is 2.89. The summed E-state index contributed by atoms with van der Waals surface area (Å²) in [5, 5.41) is 4.64. The SMILES string of the molecule is Cc1nn(-c2ccc(F)cc2)c(Cl)c1C(=O)N(C)C1CCCCC1. The molecule has 1 heterocycles. The summed E-state index contributed by atoms with van der Waals surface area (Å²) in [6, 6.07) is 6.13. The van der Waals surface area contributed by atoms with Crippen molar-refractivity contribution in [2.45, 2.75) is 45.1 Å². The van der Waals surface area contributed by atoms with Crippen LogP contribution in [0.3, 0.4) is 0 Å². The standard InChI is InChI=1S/C18H21ClFN3O/c1-12-16(18(24)22(2)14-6-4-3-5-7-14)17(19)23(21-12)15-10-8-13(20)9-11-15/h8-11,14H,3-7H2,1-2H3. The van der Waals surface area contributed by atoms with E-state index in [0.717, 1.165) is 25.7 Å². The number of carbonyl (C=O) groups excluding carboxylic acids is 1. The summed E-state index contributed by atoms with van der Waals surface area (Å²) in [7, 11) is 1.84. The lowest BCUT2D eigenvalue weighted by Crippen LogP contribution is -2.38. The lowest BCUT2D eigenvalue weighted by molar-refractivity contribution is 0.0695. The lowest BCUT2D eigenvalue weighted by atomic mass is 9.94. The number of benzene rings is 1. The first-order valence-electron chi connectivity index (χ1n) is 8.27. The van der Waals surface area contributed by atoms with Crippen LogP contribution in [0.25, 0.3) is 5.69 Å². The number of rotatable bonds is 3. The Morgan fingerprint density at radius 3 is 2.50 bits per heavy atom. The molecule has 0 radical (unpaired) electrons. The summed E-state index contributed by atoms with van der Waals surface area (Å²) < 4.78 is 14.6. The number of amides is 1. The highest BCUT2D eigenvalue weighted by Gasteiger charge is 2.28. The normalized spacial score (nSPS) is 15.5. The summed E-state index contributed by atoms with van der Waals surface area (Å²) in [5.74, 6) is -0.426. The van der Waals surface area contributed by atoms with Crippen LogP contribution < -0.4 is 0 Å². The van der Waals surface area contributed by atoms with E-state index < -0.39 is 0 Å². The number of aromatic nitrogens is 2. The van der Waals surface area contributed by atoms with E-state index in [1.165, 1.54) is 23.2 Å². The van der Waals surface area contributed by atoms with Crippen LogP contribution in [0, 0.1) is 12.7 Å². The molecule has 2 aromatic rings. The molecule has 128 valence electrons. The molecule has 0 spiro atoms. The highest BCUT2D eigenvalue weighted by Crippen LogP contribution is 2.28. The molecule has 1 fully saturated rings. The van der Waals surface area contributed by atoms with Gasteiger partial charge in [0.25, 0.3) is 5.91 Å². The minimum atomic E-state index is -0.327. The van der Waals surface area contributed by atoms with Gasteiger partial charge in [-0.25, -0.2) is 9.07 Å². The van der Waals surface area contributed by atoms with Crippen molar-refractivity contribution in [3.8, 4) is 5.69 Å². The molecule has 1 aromatic heterocycles. The quantitative estimate of drug-likeness (QED) is 0.824. The van der Waals surface area contributed by atoms with Gasteiger partial charge in [0.15, 0.2) is 0 Å². The Morgan fingerprint density at radius 2 is 1.88 bits per heavy atom. The molecule has 6 heteroatoms. The maximum Gasteiger partial charge on any atom is 0.258 e. The maximum absolute atomic E-state index is 13.1. The van der Waals surface area contributed by atoms with Crippen LogP contribution in [0.15, 0.2) is 24.3 Å². The summed E-state index contributed by atoms with van der Waals surface area (Å²) in [4.78, 5) is 14.7. The highest BCUT2D eigenvalue weighted by atomic mass is 35.5. The Morgan fingerprint density at radius 1 is 1.25 bits per heavy atom. The highest BCUT2D eigenvalue weighted by molar-refractivity contribution is 6.33. The smallest absolute Gasteiger partial charge is 0.258 e. The van der Waals surface area contributed by atoms with E-state index in [4.69, 9.17) is 11.6 Å². The molecule has 1 aromatic carbocycles. The van der Waals surface area contributed by atoms with Crippen molar-refractivity contribution in [3.05, 3.63) is 46.5 Å². The molecule has 0 bridgehead atoms. The largest absolute Gasteiger partial charge is 0.339 e. The Balaban J connectivity index is 1.90. The summed E-state index contributed by atoms with van der Waals surface area (Å²) in [6.07, 6.45) is 5.62. The third-order valence-corrected chi connectivity index (χ3v) is 5.08. The first kappa shape index (κ1) is 17.0. The van der Waals surface area contributed by atoms with Gasteiger partial charge in [-0.15, -0.1) is 0 Å². The van der Waals surface area contributed by atoms with Gasteiger partial charge in [0, 0.05) is 13.1 Å². The fraction of sp³-hybridized carbons (Fsp3) is 0.444. The van der Waals surface area contributed by atoms with E-state index in [1.54, 1.807) is 24.0 Å². The van der Waals surface area contributed by atoms with Crippen molar-refractivity contribution in [2.75, 3.05) is 7.05 Å². The van der Waals surface area contributed by atoms with Crippen molar-refractivity contribution < 1.29 is 9.18 Å². The van der Waals surface area contributed by atoms with Crippen LogP contribution in [0.5, 0.6) is 0 Å². The van der Waals surface area contributed by atoms with Crippen LogP contribution in [0.1, 0.15) is 48.2 Å². The first-order valence-corrected chi connectivity index (χ1v) is 8.65. The van der Waals surface area contributed by atoms with Crippen LogP contribution >= 0.6 is 11.6 Å². The van der Waals surface area contributed by atoms with Crippen molar-refractivity contribution in [1.82, 2.24) is 14.7 Å². The molecule has 0 N–H and O–H groups in total. The molecule has 0 atom stereocenters. The van der Waals surface area contributed by atoms with Crippen molar-refractivity contribution in [3.63, 3.8) is 0 Å². The Kier molecular flexibility index (Phi) is 4.90. The molecule has 0 aliphatic heterocycles. The van der Waals surface area contributed by atoms with Crippen LogP contribution in [-0.4, -0.2) is 33.7 Å². The van der Waals surface area contributed by atoms with Gasteiger partial charge in [0.2, 0.25) is 0 Å². The van der Waals surface area contributed by atoms with Gasteiger partial charge in [0.05, 0.1) is 16.9 Å². The third-order valence-electron chi connectivity index (χ3n) is 4.73. The minimum Gasteiger partial charge on any atom is -0.339 e. The van der Waals surface area contributed by atoms with Crippen LogP contribution in [0.4, 0.5) is 4.39 Å². The average molecular weight is 350 g/mol. The van der Waals surface area contributed by atoms with Crippen molar-refractivity contribution in [1.29, 1.82) is 0 Å². The summed E-state index contributed by atoms with van der Waals surface area (Å²) >= 11 is 6.44. The van der Waals surface area contributed by atoms with E-state index in [0.29, 0.717) is 16.9 Å². The van der Waals surface area contributed by atoms with Gasteiger partial charge in [0.1, 0.15) is 11.0 Å². The minimum absolute atomic E-state index is 0.0993. The van der Waals surface area contributed by atoms with Gasteiger partial charge in [-0.1, -0.05) is 30.9 Å². The van der Waals surface area contributed by atoms with E-state index in [1.807, 2.05) is 7.05 Å². The number of carbonyl (C=O) groups is 1. The number of hydrogen-bond acceptors (Lipinski definition) is 2. The number of hydrogen-bond donors (Lipinski definition) is 0. The van der Waals surface area contributed by atoms with E-state index >= 15 is 0 Å². The molecule has 0 saturated heterocycles. The zero-order valence-corrected chi connectivity index (χ0v) is 14.7. The predicted octanol–water partition coefficient (Wildman–Crippen LogP) is 4.38. The summed E-state index contributed by atoms with van der Waals surface area (Å²) in [5.41, 5.74) is 1.63. The summed E-state index contributed by atoms with van der Waals surface area (Å²) in [6.45, 7) is 1.77. The van der Waals surface area contributed by atoms with Gasteiger partial charge in [-0.3, -0.25) is 4.79 Å². The van der Waals surface area contributed by atoms with E-state index in [2.05, 4.69) is 5.10 Å². The Labute approximate surface area is 146 Å². The topological polar surface area (TPSA) is 38.1 Å². The first-order chi connectivity index (χ1) is 11.5. The molecule has 1 aliphatic rings. The predicted molar refractivity (Wildman–Crippen MR) is 92.2 cm³/mol. The molecule has 3 rings (SSSR count). The zero-order chi connectivity index (χ0) is 17.3. The number of aryl methyl sites for hydroxylation is 1. The number of nitrogens with zero attached hydrogens (tertiary/aromatic N) is 3. The fourth-order valence-corrected chi connectivity index (χ4v) is 3.66. The van der Waals surface area contributed by atoms with Crippen LogP contribution in [0.2, 0.25) is 5.15 Å². The molecule has 0 unspecified atom stereocenters. The second-order valence-electron chi connectivity index (χ2n) is 6.35. The Hall–Kier alpha value is -1.88. The second kappa shape index (κ2) is 6.93. The maximum atomic E-state index is 13.1. The molecular formula is C18H21ClFN3O. The van der Waals surface area contributed by atoms with E-state index in [-0.39, 0.29) is 22.9 Å². The Bertz CT molecular complexity index is 735. The lowest BCUT2D eigenvalue weighted by Gasteiger charge is -2.31. The molecular weight excluding hydrogens is 329 g/mol. The van der Waals surface area contributed by atoms with Gasteiger partial charge in [-0.05, 0) is 44.0 Å². The molecule has 1 saturated carbocycles. The number of halogens is 2. The zero-order valence-electron chi connectivity index (χ0n) is 13.9. The second-order valence-corrected chi connectivity index (χ2v) is 6.71. The van der Waals surface area contributed by atoms with Gasteiger partial charge in [-0.2, -0.15) is 5.10 Å². The van der Waals surface area contributed by atoms with Gasteiger partial charge < -0.3 is 4.90 Å². The molecule has 1 aliphatic carbocycles.